The Bertz CT molecular complexity index is 347. The molecule has 0 radical (unpaired) electrons. The lowest BCUT2D eigenvalue weighted by molar-refractivity contribution is -0.696. The van der Waals surface area contributed by atoms with E-state index in [4.69, 9.17) is 5.11 Å². The molecule has 0 spiro atoms. The van der Waals surface area contributed by atoms with Crippen LogP contribution in [0.3, 0.4) is 0 Å². The Kier molecular flexibility index (Phi) is 7.34. The zero-order valence-corrected chi connectivity index (χ0v) is 11.3. The zero-order valence-electron chi connectivity index (χ0n) is 11.3. The second-order valence-corrected chi connectivity index (χ2v) is 4.71. The minimum atomic E-state index is -0.0397. The number of hydrogen-bond acceptors (Lipinski definition) is 2. The van der Waals surface area contributed by atoms with Crippen molar-refractivity contribution < 1.29 is 14.5 Å². The van der Waals surface area contributed by atoms with Gasteiger partial charge in [0.05, 0.1) is 13.1 Å². The lowest BCUT2D eigenvalue weighted by Crippen LogP contribution is -2.30. The van der Waals surface area contributed by atoms with Crippen LogP contribution in [0.1, 0.15) is 45.4 Å². The van der Waals surface area contributed by atoms with E-state index >= 15 is 0 Å². The van der Waals surface area contributed by atoms with Crippen LogP contribution < -0.4 is 4.57 Å². The quantitative estimate of drug-likeness (QED) is 0.509. The summed E-state index contributed by atoms with van der Waals surface area (Å²) in [5.41, 5.74) is 0. The van der Waals surface area contributed by atoms with Gasteiger partial charge in [-0.25, -0.2) is 9.13 Å². The van der Waals surface area contributed by atoms with Gasteiger partial charge in [-0.2, -0.15) is 0 Å². The molecule has 0 bridgehead atoms. The third kappa shape index (κ3) is 5.96. The third-order valence-corrected chi connectivity index (χ3v) is 3.06. The molecule has 1 rings (SSSR count). The second kappa shape index (κ2) is 8.86. The molecule has 102 valence electrons. The highest BCUT2D eigenvalue weighted by Gasteiger charge is 2.06. The van der Waals surface area contributed by atoms with Gasteiger partial charge in [0, 0.05) is 19.4 Å². The monoisotopic (exact) mass is 253 g/mol. The first kappa shape index (κ1) is 14.9. The predicted molar refractivity (Wildman–Crippen MR) is 70.1 cm³/mol. The fourth-order valence-electron chi connectivity index (χ4n) is 1.93. The van der Waals surface area contributed by atoms with Crippen molar-refractivity contribution in [1.82, 2.24) is 4.57 Å². The molecule has 0 aliphatic rings. The number of aromatic nitrogens is 2. The van der Waals surface area contributed by atoms with E-state index in [1.165, 1.54) is 25.7 Å². The number of carbonyl (C=O) groups excluding carboxylic acids is 1. The molecule has 0 unspecified atom stereocenters. The van der Waals surface area contributed by atoms with Gasteiger partial charge in [0.15, 0.2) is 0 Å². The summed E-state index contributed by atoms with van der Waals surface area (Å²) < 4.78 is 4.21. The molecule has 0 saturated carbocycles. The fourth-order valence-corrected chi connectivity index (χ4v) is 1.93. The molecule has 0 fully saturated rings. The van der Waals surface area contributed by atoms with Crippen molar-refractivity contribution >= 4 is 5.78 Å². The number of unbranched alkanes of at least 4 members (excludes halogenated alkanes) is 3. The first-order chi connectivity index (χ1) is 8.76. The van der Waals surface area contributed by atoms with Gasteiger partial charge in [-0.05, 0) is 12.8 Å². The number of ketones is 1. The number of rotatable bonds is 10. The second-order valence-electron chi connectivity index (χ2n) is 4.71. The van der Waals surface area contributed by atoms with Gasteiger partial charge in [0.2, 0.25) is 6.33 Å². The maximum absolute atomic E-state index is 11.3. The maximum Gasteiger partial charge on any atom is 0.243 e. The first-order valence-electron chi connectivity index (χ1n) is 6.93. The van der Waals surface area contributed by atoms with Gasteiger partial charge in [0.25, 0.3) is 0 Å². The largest absolute Gasteiger partial charge is 0.396 e. The highest BCUT2D eigenvalue weighted by molar-refractivity contribution is 5.78. The number of aliphatic hydroxyl groups is 1. The molecule has 0 aliphatic carbocycles. The van der Waals surface area contributed by atoms with Crippen LogP contribution in [0.4, 0.5) is 0 Å². The van der Waals surface area contributed by atoms with Crippen molar-refractivity contribution in [2.24, 2.45) is 0 Å². The van der Waals surface area contributed by atoms with Crippen molar-refractivity contribution in [1.29, 1.82) is 0 Å². The molecule has 0 atom stereocenters. The summed E-state index contributed by atoms with van der Waals surface area (Å²) in [6.07, 6.45) is 12.0. The summed E-state index contributed by atoms with van der Waals surface area (Å²) in [5, 5.41) is 8.65. The molecule has 18 heavy (non-hydrogen) atoms. The summed E-state index contributed by atoms with van der Waals surface area (Å²) in [4.78, 5) is 11.3. The van der Waals surface area contributed by atoms with E-state index in [2.05, 4.69) is 24.0 Å². The van der Waals surface area contributed by atoms with Crippen LogP contribution >= 0.6 is 0 Å². The topological polar surface area (TPSA) is 46.1 Å². The number of aliphatic hydroxyl groups excluding tert-OH is 1. The highest BCUT2D eigenvalue weighted by Crippen LogP contribution is 1.99. The molecule has 1 aromatic rings. The molecular weight excluding hydrogens is 228 g/mol. The van der Waals surface area contributed by atoms with Crippen LogP contribution in [0.2, 0.25) is 0 Å². The Morgan fingerprint density at radius 2 is 2.11 bits per heavy atom. The summed E-state index contributed by atoms with van der Waals surface area (Å²) >= 11 is 0. The summed E-state index contributed by atoms with van der Waals surface area (Å²) in [7, 11) is 0. The third-order valence-electron chi connectivity index (χ3n) is 3.06. The van der Waals surface area contributed by atoms with Crippen molar-refractivity contribution in [3.8, 4) is 0 Å². The predicted octanol–water partition coefficient (Wildman–Crippen LogP) is 1.70. The van der Waals surface area contributed by atoms with Gasteiger partial charge < -0.3 is 5.11 Å². The minimum Gasteiger partial charge on any atom is -0.396 e. The average Bonchev–Trinajstić information content (AvgIpc) is 2.81. The number of nitrogens with zero attached hydrogens (tertiary/aromatic N) is 2. The van der Waals surface area contributed by atoms with E-state index < -0.39 is 0 Å². The lowest BCUT2D eigenvalue weighted by atomic mass is 10.2. The Labute approximate surface area is 109 Å². The molecule has 0 amide bonds. The van der Waals surface area contributed by atoms with E-state index in [1.807, 2.05) is 10.8 Å². The Hall–Kier alpha value is -1.16. The van der Waals surface area contributed by atoms with Gasteiger partial charge >= 0.3 is 0 Å². The minimum absolute atomic E-state index is 0.0397. The number of Topliss-reactive ketones (excluding diaryl/α,β-unsaturated/α-hetero) is 1. The zero-order chi connectivity index (χ0) is 13.2. The van der Waals surface area contributed by atoms with Crippen LogP contribution in [-0.2, 0) is 17.9 Å². The molecule has 4 nitrogen and oxygen atoms in total. The van der Waals surface area contributed by atoms with Crippen molar-refractivity contribution in [3.63, 3.8) is 0 Å². The molecule has 1 aromatic heterocycles. The Morgan fingerprint density at radius 3 is 2.83 bits per heavy atom. The van der Waals surface area contributed by atoms with Gasteiger partial charge in [-0.15, -0.1) is 0 Å². The summed E-state index contributed by atoms with van der Waals surface area (Å²) in [6.45, 7) is 3.94. The van der Waals surface area contributed by atoms with E-state index in [0.29, 0.717) is 13.0 Å². The standard InChI is InChI=1S/C14H25N2O2/c1-2-3-4-5-8-15-10-11-16(13-15)9-6-14(18)7-12-17/h10-11,13,17H,2-9,12H2,1H3/q+1. The Balaban J connectivity index is 2.23. The van der Waals surface area contributed by atoms with E-state index in [0.717, 1.165) is 6.54 Å². The van der Waals surface area contributed by atoms with Crippen LogP contribution in [0.25, 0.3) is 0 Å². The molecule has 0 aliphatic heterocycles. The van der Waals surface area contributed by atoms with Crippen molar-refractivity contribution in [2.75, 3.05) is 6.61 Å². The van der Waals surface area contributed by atoms with Crippen LogP contribution in [0.5, 0.6) is 0 Å². The molecule has 0 aromatic carbocycles. The van der Waals surface area contributed by atoms with E-state index in [-0.39, 0.29) is 18.8 Å². The average molecular weight is 253 g/mol. The fraction of sp³-hybridized carbons (Fsp3) is 0.714. The van der Waals surface area contributed by atoms with Crippen LogP contribution in [0.15, 0.2) is 18.7 Å². The molecular formula is C14H25N2O2+. The Morgan fingerprint density at radius 1 is 1.28 bits per heavy atom. The summed E-state index contributed by atoms with van der Waals surface area (Å²) in [6, 6.07) is 0. The van der Waals surface area contributed by atoms with Gasteiger partial charge in [-0.3, -0.25) is 4.79 Å². The number of carbonyl (C=O) groups is 1. The first-order valence-corrected chi connectivity index (χ1v) is 6.93. The summed E-state index contributed by atoms with van der Waals surface area (Å²) in [5.74, 6) is 0.126. The highest BCUT2D eigenvalue weighted by atomic mass is 16.3. The molecule has 4 heteroatoms. The van der Waals surface area contributed by atoms with Gasteiger partial charge in [0.1, 0.15) is 18.2 Å². The smallest absolute Gasteiger partial charge is 0.243 e. The molecule has 0 saturated heterocycles. The number of hydrogen-bond donors (Lipinski definition) is 1. The van der Waals surface area contributed by atoms with Crippen LogP contribution in [0, 0.1) is 0 Å². The van der Waals surface area contributed by atoms with E-state index in [1.54, 1.807) is 0 Å². The SMILES string of the molecule is CCCCCC[n+]1ccn(CCC(=O)CCO)c1. The van der Waals surface area contributed by atoms with Gasteiger partial charge in [-0.1, -0.05) is 19.8 Å². The molecule has 1 N–H and O–H groups in total. The van der Waals surface area contributed by atoms with Crippen molar-refractivity contribution in [3.05, 3.63) is 18.7 Å². The number of imidazole rings is 1. The maximum atomic E-state index is 11.3. The lowest BCUT2D eigenvalue weighted by Gasteiger charge is -1.97. The van der Waals surface area contributed by atoms with E-state index in [9.17, 15) is 4.79 Å². The van der Waals surface area contributed by atoms with Crippen LogP contribution in [-0.4, -0.2) is 22.1 Å². The molecule has 1 heterocycles. The number of aryl methyl sites for hydroxylation is 2. The normalized spacial score (nSPS) is 10.8. The van der Waals surface area contributed by atoms with Crippen molar-refractivity contribution in [2.45, 2.75) is 58.5 Å².